The molecule has 83 heavy (non-hydrogen) atoms. The van der Waals surface area contributed by atoms with Gasteiger partial charge in [0.1, 0.15) is 42.4 Å². The van der Waals surface area contributed by atoms with Gasteiger partial charge in [-0.05, 0) is 98.5 Å². The molecular weight excluding hydrogens is 1080 g/mol. The maximum absolute atomic E-state index is 16.2. The third-order valence-corrected chi connectivity index (χ3v) is 17.6. The van der Waals surface area contributed by atoms with Crippen LogP contribution in [0.25, 0.3) is 65.2 Å². The van der Waals surface area contributed by atoms with Crippen molar-refractivity contribution in [3.8, 4) is 33.3 Å². The number of aliphatic hydroxyl groups is 2. The van der Waals surface area contributed by atoms with E-state index < -0.39 is 54.0 Å². The van der Waals surface area contributed by atoms with Crippen molar-refractivity contribution < 1.29 is 38.4 Å². The highest BCUT2D eigenvalue weighted by atomic mass is 32.1. The Labute approximate surface area is 481 Å². The third kappa shape index (κ3) is 10.7. The Hall–Kier alpha value is -7.89. The third-order valence-electron chi connectivity index (χ3n) is 16.6. The van der Waals surface area contributed by atoms with E-state index in [0.717, 1.165) is 77.3 Å². The lowest BCUT2D eigenvalue weighted by Crippen LogP contribution is -2.50. The molecule has 22 heteroatoms. The average Bonchev–Trinajstić information content (AvgIpc) is 2.68. The van der Waals surface area contributed by atoms with Crippen molar-refractivity contribution in [2.45, 2.75) is 96.7 Å². The van der Waals surface area contributed by atoms with E-state index in [2.05, 4.69) is 48.4 Å². The first kappa shape index (κ1) is 55.6. The van der Waals surface area contributed by atoms with Gasteiger partial charge in [-0.1, -0.05) is 50.2 Å². The molecule has 4 aromatic carbocycles. The molecule has 9 aromatic rings. The number of rotatable bonds is 18. The van der Waals surface area contributed by atoms with Crippen LogP contribution in [0.2, 0.25) is 0 Å². The number of hydrogen-bond acceptors (Lipinski definition) is 16. The number of aliphatic hydroxyl groups excluding tert-OH is 2. The Balaban J connectivity index is 0.878. The zero-order valence-electron chi connectivity index (χ0n) is 47.4. The predicted molar refractivity (Wildman–Crippen MR) is 315 cm³/mol. The van der Waals surface area contributed by atoms with E-state index in [4.69, 9.17) is 29.3 Å². The van der Waals surface area contributed by atoms with E-state index >= 15 is 4.39 Å². The molecule has 432 valence electrons. The van der Waals surface area contributed by atoms with Gasteiger partial charge in [0.15, 0.2) is 11.3 Å². The molecule has 2 aliphatic heterocycles. The molecule has 1 aliphatic carbocycles. The number of fused-ring (bicyclic) bond motifs is 5. The first-order chi connectivity index (χ1) is 40.1. The van der Waals surface area contributed by atoms with Crippen molar-refractivity contribution >= 4 is 72.6 Å². The topological polar surface area (TPSA) is 242 Å². The number of H-pyrrole nitrogens is 2. The molecule has 0 spiro atoms. The number of carbonyl (C=O) groups is 2. The van der Waals surface area contributed by atoms with Crippen LogP contribution >= 0.6 is 11.3 Å². The predicted octanol–water partition coefficient (Wildman–Crippen LogP) is 7.87. The summed E-state index contributed by atoms with van der Waals surface area (Å²) in [6.07, 6.45) is 4.06. The molecule has 2 saturated heterocycles. The number of piperazine rings is 1. The van der Waals surface area contributed by atoms with Crippen LogP contribution in [-0.2, 0) is 20.9 Å². The Morgan fingerprint density at radius 1 is 0.928 bits per heavy atom. The number of methoxy groups -OCH3 is 1. The number of pyridine rings is 1. The number of likely N-dealkylation sites (tertiary alicyclic amines) is 1. The highest BCUT2D eigenvalue weighted by Crippen LogP contribution is 2.53. The van der Waals surface area contributed by atoms with Gasteiger partial charge in [-0.25, -0.2) is 9.37 Å². The minimum Gasteiger partial charge on any atom is -0.486 e. The summed E-state index contributed by atoms with van der Waals surface area (Å²) in [5.74, 6) is -0.394. The monoisotopic (exact) mass is 1150 g/mol. The number of nitrogens with zero attached hydrogens (tertiary/aromatic N) is 9. The second-order valence-corrected chi connectivity index (χ2v) is 23.6. The number of benzene rings is 4. The molecule has 2 amide bonds. The number of aromatic amines is 2. The lowest BCUT2D eigenvalue weighted by Gasteiger charge is -2.34. The van der Waals surface area contributed by atoms with Crippen molar-refractivity contribution in [3.05, 3.63) is 117 Å². The van der Waals surface area contributed by atoms with Crippen LogP contribution in [0.3, 0.4) is 0 Å². The molecular formula is C61H67FN12O8S. The Bertz CT molecular complexity index is 4000. The van der Waals surface area contributed by atoms with Crippen molar-refractivity contribution in [1.29, 1.82) is 0 Å². The zero-order chi connectivity index (χ0) is 58.0. The number of aromatic nitrogens is 8. The molecule has 5 N–H and O–H groups in total. The fourth-order valence-corrected chi connectivity index (χ4v) is 12.6. The van der Waals surface area contributed by atoms with Crippen molar-refractivity contribution in [2.24, 2.45) is 5.92 Å². The number of likely N-dealkylation sites (N-methyl/N-ethyl adjacent to an activating group) is 1. The maximum atomic E-state index is 16.2. The van der Waals surface area contributed by atoms with Crippen molar-refractivity contribution in [1.82, 2.24) is 55.0 Å². The molecule has 12 rings (SSSR count). The lowest BCUT2D eigenvalue weighted by molar-refractivity contribution is -0.142. The van der Waals surface area contributed by atoms with Gasteiger partial charge in [0.25, 0.3) is 5.56 Å². The van der Waals surface area contributed by atoms with Crippen LogP contribution < -0.4 is 25.2 Å². The van der Waals surface area contributed by atoms with Gasteiger partial charge in [0.2, 0.25) is 11.8 Å². The smallest absolute Gasteiger partial charge is 0.319 e. The number of ether oxygens (including phenoxy) is 3. The molecule has 1 saturated carbocycles. The summed E-state index contributed by atoms with van der Waals surface area (Å²) in [6, 6.07) is 14.2. The SMILES string of the molecule is CO[C@@H](C)COc1nc(N2CCN(C)CC2)c2cc(C3CC3)c(-c3c(C)c(F)cc4[nH]ncc34)c(OCc3ccc4c(c3)[nH]c(=O)c3nn([C@H](C(=O)N5C[C@H](O)C[C@H]5C(=O)N[C@@H](CO)c5ccc(-c6scnc6C)cc5)C(C)C)cc34)c2n1. The zero-order valence-corrected chi connectivity index (χ0v) is 48.2. The summed E-state index contributed by atoms with van der Waals surface area (Å²) in [7, 11) is 3.72. The van der Waals surface area contributed by atoms with Crippen LogP contribution in [-0.4, -0.2) is 150 Å². The molecule has 20 nitrogen and oxygen atoms in total. The normalized spacial score (nSPS) is 18.0. The van der Waals surface area contributed by atoms with E-state index in [9.17, 15) is 24.6 Å². The number of aryl methyl sites for hydroxylation is 1. The quantitative estimate of drug-likeness (QED) is 0.0549. The number of carbonyl (C=O) groups excluding carboxylic acids is 2. The van der Waals surface area contributed by atoms with Crippen LogP contribution in [0.15, 0.2) is 77.3 Å². The summed E-state index contributed by atoms with van der Waals surface area (Å²) >= 11 is 1.53. The fraction of sp³-hybridized carbons (Fsp3) is 0.410. The van der Waals surface area contributed by atoms with Crippen molar-refractivity contribution in [2.75, 3.05) is 65.0 Å². The summed E-state index contributed by atoms with van der Waals surface area (Å²) in [4.78, 5) is 67.6. The Kier molecular flexibility index (Phi) is 15.2. The number of β-amino-alcohol motifs (C(OH)–C–C–N with tert-alkyl or cyclic N) is 1. The molecule has 5 aromatic heterocycles. The molecule has 0 bridgehead atoms. The largest absolute Gasteiger partial charge is 0.486 e. The van der Waals surface area contributed by atoms with Gasteiger partial charge in [0, 0.05) is 90.6 Å². The summed E-state index contributed by atoms with van der Waals surface area (Å²) < 4.78 is 36.6. The summed E-state index contributed by atoms with van der Waals surface area (Å²) in [6.45, 7) is 12.2. The minimum absolute atomic E-state index is 0.00118. The highest BCUT2D eigenvalue weighted by Gasteiger charge is 2.43. The maximum Gasteiger partial charge on any atom is 0.319 e. The lowest BCUT2D eigenvalue weighted by atomic mass is 9.88. The van der Waals surface area contributed by atoms with Gasteiger partial charge < -0.3 is 49.4 Å². The second-order valence-electron chi connectivity index (χ2n) is 22.7. The van der Waals surface area contributed by atoms with Gasteiger partial charge in [0.05, 0.1) is 52.7 Å². The highest BCUT2D eigenvalue weighted by molar-refractivity contribution is 7.13. The first-order valence-corrected chi connectivity index (χ1v) is 29.1. The van der Waals surface area contributed by atoms with E-state index in [1.54, 1.807) is 31.9 Å². The van der Waals surface area contributed by atoms with Crippen LogP contribution in [0.5, 0.6) is 11.8 Å². The second kappa shape index (κ2) is 22.7. The average molecular weight is 1150 g/mol. The van der Waals surface area contributed by atoms with E-state index in [1.165, 1.54) is 27.0 Å². The number of thiazole rings is 1. The van der Waals surface area contributed by atoms with Gasteiger partial charge >= 0.3 is 6.01 Å². The molecule has 3 fully saturated rings. The molecule has 0 radical (unpaired) electrons. The Morgan fingerprint density at radius 3 is 2.42 bits per heavy atom. The minimum atomic E-state index is -1.04. The van der Waals surface area contributed by atoms with Crippen LogP contribution in [0.4, 0.5) is 10.2 Å². The van der Waals surface area contributed by atoms with Crippen molar-refractivity contribution in [3.63, 3.8) is 0 Å². The van der Waals surface area contributed by atoms with E-state index in [0.29, 0.717) is 60.9 Å². The Morgan fingerprint density at radius 2 is 1.71 bits per heavy atom. The summed E-state index contributed by atoms with van der Waals surface area (Å²) in [5, 5.41) is 39.2. The van der Waals surface area contributed by atoms with Gasteiger partial charge in [-0.2, -0.15) is 20.2 Å². The number of halogens is 1. The number of nitrogens with one attached hydrogen (secondary N) is 3. The molecule has 3 aliphatic rings. The van der Waals surface area contributed by atoms with Gasteiger partial charge in [-0.15, -0.1) is 11.3 Å². The molecule has 5 atom stereocenters. The fourth-order valence-electron chi connectivity index (χ4n) is 11.8. The molecule has 7 heterocycles. The van der Waals surface area contributed by atoms with E-state index in [1.807, 2.05) is 70.2 Å². The van der Waals surface area contributed by atoms with Gasteiger partial charge in [-0.3, -0.25) is 24.2 Å². The number of amides is 2. The van der Waals surface area contributed by atoms with Crippen LogP contribution in [0, 0.1) is 25.6 Å². The summed E-state index contributed by atoms with van der Waals surface area (Å²) in [5.41, 5.74) is 9.04. The standard InChI is InChI=1S/C61H67FN12O8S/c1-31(2)54(60(79)73-25-39(76)21-49(73)58(77)66-48(27-75)37-11-13-38(14-12-37)56-34(5)63-30-83-56)74-26-44-40-15-8-35(20-46(40)65-59(78)53(44)70-74)29-81-55-51(50-33(4)45(62)23-47-43(50)24-64-69-47)41(36-9-10-36)22-42-52(55)67-61(82-28-32(3)80-7)68-57(42)72-18-16-71(6)17-19-72/h8,11-15,20,22-24,26,30-32,36,39,48-49,54,75-76H,9-10,16-19,21,25,27-29H2,1-7H3,(H,64,69)(H,65,78)(H,66,77)/t32-,39+,48-,49-,54-/m0/s1. The van der Waals surface area contributed by atoms with Crippen LogP contribution in [0.1, 0.15) is 86.0 Å². The molecule has 0 unspecified atom stereocenters. The van der Waals surface area contributed by atoms with E-state index in [-0.39, 0.29) is 55.6 Å². The number of hydrogen-bond donors (Lipinski definition) is 5. The first-order valence-electron chi connectivity index (χ1n) is 28.2. The number of anilines is 1.